The van der Waals surface area contributed by atoms with Crippen molar-refractivity contribution in [1.82, 2.24) is 20.0 Å². The Morgan fingerprint density at radius 2 is 2.05 bits per heavy atom. The van der Waals surface area contributed by atoms with Gasteiger partial charge in [0.05, 0.1) is 11.7 Å². The van der Waals surface area contributed by atoms with Gasteiger partial charge >= 0.3 is 0 Å². The lowest BCUT2D eigenvalue weighted by Crippen LogP contribution is -2.46. The molecule has 0 saturated carbocycles. The number of piperidine rings is 1. The number of carbonyl (C=O) groups excluding carboxylic acids is 1. The number of aryl methyl sites for hydroxylation is 2. The van der Waals surface area contributed by atoms with Crippen molar-refractivity contribution in [2.24, 2.45) is 7.05 Å². The molecule has 1 amide bonds. The number of halogens is 1. The van der Waals surface area contributed by atoms with Crippen LogP contribution in [0.1, 0.15) is 37.4 Å². The van der Waals surface area contributed by atoms with Crippen molar-refractivity contribution in [3.63, 3.8) is 0 Å². The maximum Gasteiger partial charge on any atom is 0.239 e. The molecule has 6 heteroatoms. The number of hydrogen-bond acceptors (Lipinski definition) is 3. The predicted octanol–water partition coefficient (Wildman–Crippen LogP) is 1.87. The van der Waals surface area contributed by atoms with Crippen LogP contribution >= 0.6 is 11.6 Å². The summed E-state index contributed by atoms with van der Waals surface area (Å²) in [4.78, 5) is 14.3. The molecule has 1 N–H and O–H groups in total. The molecule has 5 nitrogen and oxygen atoms in total. The van der Waals surface area contributed by atoms with E-state index in [1.165, 1.54) is 6.42 Å². The molecule has 0 bridgehead atoms. The van der Waals surface area contributed by atoms with Crippen LogP contribution in [-0.2, 0) is 18.4 Å². The minimum absolute atomic E-state index is 0.183. The number of hydrogen-bond donors (Lipinski definition) is 1. The zero-order valence-corrected chi connectivity index (χ0v) is 13.2. The first-order chi connectivity index (χ1) is 9.50. The lowest BCUT2D eigenvalue weighted by Gasteiger charge is -2.29. The second kappa shape index (κ2) is 6.59. The monoisotopic (exact) mass is 298 g/mol. The van der Waals surface area contributed by atoms with Crippen LogP contribution in [0.3, 0.4) is 0 Å². The Labute approximate surface area is 125 Å². The molecule has 1 unspecified atom stereocenters. The second-order valence-corrected chi connectivity index (χ2v) is 5.82. The number of carbonyl (C=O) groups is 1. The highest BCUT2D eigenvalue weighted by molar-refractivity contribution is 6.30. The first-order valence-corrected chi connectivity index (χ1v) is 7.58. The van der Waals surface area contributed by atoms with Crippen molar-refractivity contribution in [2.45, 2.75) is 45.7 Å². The third-order valence-electron chi connectivity index (χ3n) is 3.89. The molecule has 1 saturated heterocycles. The van der Waals surface area contributed by atoms with E-state index >= 15 is 0 Å². The summed E-state index contributed by atoms with van der Waals surface area (Å²) < 4.78 is 1.66. The van der Waals surface area contributed by atoms with E-state index < -0.39 is 0 Å². The van der Waals surface area contributed by atoms with Crippen LogP contribution in [0.2, 0.25) is 5.15 Å². The zero-order valence-electron chi connectivity index (χ0n) is 12.4. The predicted molar refractivity (Wildman–Crippen MR) is 79.7 cm³/mol. The van der Waals surface area contributed by atoms with Gasteiger partial charge in [-0.3, -0.25) is 9.48 Å². The number of rotatable bonds is 4. The Hall–Kier alpha value is -1.07. The van der Waals surface area contributed by atoms with Crippen LogP contribution < -0.4 is 5.32 Å². The third kappa shape index (κ3) is 3.33. The van der Waals surface area contributed by atoms with Gasteiger partial charge in [-0.15, -0.1) is 0 Å². The van der Waals surface area contributed by atoms with Gasteiger partial charge in [-0.2, -0.15) is 5.10 Å². The summed E-state index contributed by atoms with van der Waals surface area (Å²) in [6.45, 7) is 6.19. The number of nitrogens with one attached hydrogen (secondary N) is 1. The van der Waals surface area contributed by atoms with E-state index in [0.29, 0.717) is 11.7 Å². The molecule has 0 aliphatic carbocycles. The van der Waals surface area contributed by atoms with Gasteiger partial charge in [-0.25, -0.2) is 0 Å². The normalized spacial score (nSPS) is 17.3. The molecule has 112 valence electrons. The highest BCUT2D eigenvalue weighted by atomic mass is 35.5. The lowest BCUT2D eigenvalue weighted by atomic mass is 10.1. The fourth-order valence-electron chi connectivity index (χ4n) is 2.61. The molecule has 2 rings (SSSR count). The Morgan fingerprint density at radius 3 is 2.60 bits per heavy atom. The molecular formula is C14H23ClN4O. The standard InChI is InChI=1S/C14H23ClN4O/c1-10-12(13(15)18(3)17-10)9-16-11(2)14(20)19-7-5-4-6-8-19/h11,16H,4-9H2,1-3H3. The molecule has 0 aromatic carbocycles. The summed E-state index contributed by atoms with van der Waals surface area (Å²) in [7, 11) is 1.82. The maximum atomic E-state index is 12.3. The fraction of sp³-hybridized carbons (Fsp3) is 0.714. The van der Waals surface area contributed by atoms with E-state index in [4.69, 9.17) is 11.6 Å². The maximum absolute atomic E-state index is 12.3. The average molecular weight is 299 g/mol. The van der Waals surface area contributed by atoms with E-state index in [9.17, 15) is 4.79 Å². The molecule has 1 aromatic heterocycles. The van der Waals surface area contributed by atoms with Crippen LogP contribution in [-0.4, -0.2) is 39.7 Å². The molecule has 1 fully saturated rings. The summed E-state index contributed by atoms with van der Waals surface area (Å²) >= 11 is 6.19. The van der Waals surface area contributed by atoms with Gasteiger partial charge < -0.3 is 10.2 Å². The van der Waals surface area contributed by atoms with Crippen molar-refractivity contribution in [1.29, 1.82) is 0 Å². The first kappa shape index (κ1) is 15.3. The minimum atomic E-state index is -0.191. The smallest absolute Gasteiger partial charge is 0.239 e. The van der Waals surface area contributed by atoms with Gasteiger partial charge in [0.2, 0.25) is 5.91 Å². The molecule has 0 radical (unpaired) electrons. The number of likely N-dealkylation sites (tertiary alicyclic amines) is 1. The van der Waals surface area contributed by atoms with Crippen molar-refractivity contribution in [3.05, 3.63) is 16.4 Å². The van der Waals surface area contributed by atoms with E-state index in [0.717, 1.165) is 37.2 Å². The van der Waals surface area contributed by atoms with Gasteiger partial charge in [0.25, 0.3) is 0 Å². The largest absolute Gasteiger partial charge is 0.341 e. The van der Waals surface area contributed by atoms with Crippen LogP contribution in [0.5, 0.6) is 0 Å². The Balaban J connectivity index is 1.91. The Morgan fingerprint density at radius 1 is 1.40 bits per heavy atom. The number of nitrogens with zero attached hydrogens (tertiary/aromatic N) is 3. The minimum Gasteiger partial charge on any atom is -0.341 e. The zero-order chi connectivity index (χ0) is 14.7. The van der Waals surface area contributed by atoms with Crippen molar-refractivity contribution >= 4 is 17.5 Å². The molecule has 2 heterocycles. The summed E-state index contributed by atoms with van der Waals surface area (Å²) in [6.07, 6.45) is 3.47. The van der Waals surface area contributed by atoms with Crippen molar-refractivity contribution < 1.29 is 4.79 Å². The van der Waals surface area contributed by atoms with Gasteiger partial charge in [0, 0.05) is 32.2 Å². The summed E-state index contributed by atoms with van der Waals surface area (Å²) in [5.74, 6) is 0.183. The quantitative estimate of drug-likeness (QED) is 0.923. The van der Waals surface area contributed by atoms with Gasteiger partial charge in [-0.05, 0) is 33.1 Å². The van der Waals surface area contributed by atoms with Crippen molar-refractivity contribution in [3.8, 4) is 0 Å². The molecule has 0 spiro atoms. The number of amides is 1. The van der Waals surface area contributed by atoms with Gasteiger partial charge in [-0.1, -0.05) is 11.6 Å². The average Bonchev–Trinajstić information content (AvgIpc) is 2.70. The van der Waals surface area contributed by atoms with Crippen molar-refractivity contribution in [2.75, 3.05) is 13.1 Å². The highest BCUT2D eigenvalue weighted by Gasteiger charge is 2.22. The summed E-state index contributed by atoms with van der Waals surface area (Å²) in [5, 5.41) is 8.17. The third-order valence-corrected chi connectivity index (χ3v) is 4.37. The van der Waals surface area contributed by atoms with E-state index in [1.54, 1.807) is 4.68 Å². The molecule has 1 aliphatic rings. The molecule has 1 aliphatic heterocycles. The van der Waals surface area contributed by atoms with Crippen LogP contribution in [0.25, 0.3) is 0 Å². The highest BCUT2D eigenvalue weighted by Crippen LogP contribution is 2.18. The number of aromatic nitrogens is 2. The summed E-state index contributed by atoms with van der Waals surface area (Å²) in [5.41, 5.74) is 1.87. The molecule has 20 heavy (non-hydrogen) atoms. The second-order valence-electron chi connectivity index (χ2n) is 5.47. The van der Waals surface area contributed by atoms with Crippen LogP contribution in [0.15, 0.2) is 0 Å². The fourth-order valence-corrected chi connectivity index (χ4v) is 2.85. The molecule has 1 atom stereocenters. The van der Waals surface area contributed by atoms with Gasteiger partial charge in [0.1, 0.15) is 5.15 Å². The Kier molecular flexibility index (Phi) is 5.05. The lowest BCUT2D eigenvalue weighted by molar-refractivity contribution is -0.133. The van der Waals surface area contributed by atoms with Crippen LogP contribution in [0, 0.1) is 6.92 Å². The SMILES string of the molecule is Cc1nn(C)c(Cl)c1CNC(C)C(=O)N1CCCCC1. The van der Waals surface area contributed by atoms with E-state index in [-0.39, 0.29) is 11.9 Å². The van der Waals surface area contributed by atoms with Crippen LogP contribution in [0.4, 0.5) is 0 Å². The molecular weight excluding hydrogens is 276 g/mol. The Bertz CT molecular complexity index is 480. The first-order valence-electron chi connectivity index (χ1n) is 7.21. The van der Waals surface area contributed by atoms with E-state index in [1.807, 2.05) is 25.8 Å². The topological polar surface area (TPSA) is 50.2 Å². The van der Waals surface area contributed by atoms with Gasteiger partial charge in [0.15, 0.2) is 0 Å². The molecule has 1 aromatic rings. The summed E-state index contributed by atoms with van der Waals surface area (Å²) in [6, 6.07) is -0.191. The van der Waals surface area contributed by atoms with E-state index in [2.05, 4.69) is 10.4 Å².